The van der Waals surface area contributed by atoms with E-state index in [1.54, 1.807) is 11.1 Å². The third-order valence-corrected chi connectivity index (χ3v) is 7.19. The lowest BCUT2D eigenvalue weighted by atomic mass is 9.91. The molecule has 0 radical (unpaired) electrons. The molecule has 8 nitrogen and oxygen atoms in total. The van der Waals surface area contributed by atoms with Crippen LogP contribution in [0.15, 0.2) is 54.7 Å². The Kier molecular flexibility index (Phi) is 6.21. The predicted molar refractivity (Wildman–Crippen MR) is 135 cm³/mol. The summed E-state index contributed by atoms with van der Waals surface area (Å²) in [4.78, 5) is 23.1. The molecule has 2 aromatic carbocycles. The molecule has 10 heteroatoms. The van der Waals surface area contributed by atoms with Crippen molar-refractivity contribution in [3.63, 3.8) is 0 Å². The van der Waals surface area contributed by atoms with E-state index in [9.17, 15) is 13.6 Å². The number of fused-ring (bicyclic) bond motifs is 1. The molecule has 1 amide bonds. The molecule has 1 saturated heterocycles. The molecule has 0 atom stereocenters. The van der Waals surface area contributed by atoms with E-state index in [0.29, 0.717) is 37.1 Å². The van der Waals surface area contributed by atoms with E-state index < -0.39 is 18.1 Å². The van der Waals surface area contributed by atoms with Crippen LogP contribution in [0.4, 0.5) is 25.1 Å². The Balaban J connectivity index is 1.10. The molecule has 0 bridgehead atoms. The van der Waals surface area contributed by atoms with Gasteiger partial charge in [-0.3, -0.25) is 10.9 Å². The quantitative estimate of drug-likeness (QED) is 0.473. The molecular weight excluding hydrogens is 478 g/mol. The van der Waals surface area contributed by atoms with Crippen molar-refractivity contribution in [2.45, 2.75) is 43.8 Å². The average Bonchev–Trinajstić information content (AvgIpc) is 3.43. The second kappa shape index (κ2) is 9.68. The van der Waals surface area contributed by atoms with Crippen molar-refractivity contribution >= 4 is 17.6 Å². The zero-order chi connectivity index (χ0) is 25.4. The lowest BCUT2D eigenvalue weighted by Gasteiger charge is -2.36. The first-order valence-corrected chi connectivity index (χ1v) is 12.5. The number of ether oxygens (including phenoxy) is 1. The molecule has 3 aliphatic rings. The first kappa shape index (κ1) is 23.7. The number of nitrogens with zero attached hydrogens (tertiary/aromatic N) is 3. The molecular formula is C27H28F2N6O2. The van der Waals surface area contributed by atoms with Crippen molar-refractivity contribution < 1.29 is 18.3 Å². The van der Waals surface area contributed by atoms with Gasteiger partial charge in [0.25, 0.3) is 5.92 Å². The van der Waals surface area contributed by atoms with E-state index in [2.05, 4.69) is 51.5 Å². The van der Waals surface area contributed by atoms with Crippen LogP contribution in [0.2, 0.25) is 0 Å². The number of benzene rings is 2. The zero-order valence-corrected chi connectivity index (χ0v) is 20.2. The lowest BCUT2D eigenvalue weighted by Crippen LogP contribution is -2.46. The van der Waals surface area contributed by atoms with Gasteiger partial charge >= 0.3 is 6.09 Å². The van der Waals surface area contributed by atoms with E-state index in [0.717, 1.165) is 35.5 Å². The van der Waals surface area contributed by atoms with Crippen LogP contribution in [0.3, 0.4) is 0 Å². The number of alkyl halides is 2. The van der Waals surface area contributed by atoms with Gasteiger partial charge in [-0.15, -0.1) is 0 Å². The fourth-order valence-electron chi connectivity index (χ4n) is 5.01. The summed E-state index contributed by atoms with van der Waals surface area (Å²) in [6.45, 7) is 2.71. The topological polar surface area (TPSA) is 91.4 Å². The van der Waals surface area contributed by atoms with E-state index >= 15 is 0 Å². The molecule has 3 aromatic rings. The van der Waals surface area contributed by atoms with E-state index in [4.69, 9.17) is 9.72 Å². The molecule has 192 valence electrons. The van der Waals surface area contributed by atoms with Gasteiger partial charge in [0.1, 0.15) is 11.9 Å². The monoisotopic (exact) mass is 506 g/mol. The summed E-state index contributed by atoms with van der Waals surface area (Å²) in [6, 6.07) is 16.2. The van der Waals surface area contributed by atoms with Crippen LogP contribution in [-0.4, -0.2) is 52.6 Å². The number of hydrogen-bond acceptors (Lipinski definition) is 7. The minimum atomic E-state index is -2.71. The number of nitrogens with one attached hydrogen (secondary N) is 3. The Morgan fingerprint density at radius 1 is 1.05 bits per heavy atom. The fraction of sp³-hybridized carbons (Fsp3) is 0.370. The van der Waals surface area contributed by atoms with Crippen molar-refractivity contribution in [2.75, 3.05) is 25.0 Å². The minimum absolute atomic E-state index is 0.387. The third kappa shape index (κ3) is 5.26. The number of halogens is 2. The van der Waals surface area contributed by atoms with Crippen LogP contribution in [0, 0.1) is 0 Å². The minimum Gasteiger partial charge on any atom is -0.446 e. The molecule has 6 rings (SSSR count). The predicted octanol–water partition coefficient (Wildman–Crippen LogP) is 4.37. The number of carbonyl (C=O) groups excluding carboxylic acids is 1. The Morgan fingerprint density at radius 2 is 1.84 bits per heavy atom. The molecule has 1 aromatic heterocycles. The number of hydrogen-bond donors (Lipinski definition) is 3. The van der Waals surface area contributed by atoms with Crippen molar-refractivity contribution in [1.29, 1.82) is 0 Å². The summed E-state index contributed by atoms with van der Waals surface area (Å²) in [5, 5.41) is 3.36. The van der Waals surface area contributed by atoms with Crippen LogP contribution in [-0.2, 0) is 17.7 Å². The molecule has 0 spiro atoms. The summed E-state index contributed by atoms with van der Waals surface area (Å²) in [7, 11) is 0. The van der Waals surface area contributed by atoms with Gasteiger partial charge in [-0.2, -0.15) is 0 Å². The SMILES string of the molecule is O=C(OC1CC(F)(F)C1)N1CCc2cc(-c3nccc(Nc4ccc(C5CNNC5)cc4)n3)ccc2C1. The zero-order valence-electron chi connectivity index (χ0n) is 20.2. The number of anilines is 2. The fourth-order valence-corrected chi connectivity index (χ4v) is 5.01. The van der Waals surface area contributed by atoms with Gasteiger partial charge in [0.2, 0.25) is 0 Å². The Labute approximate surface area is 213 Å². The van der Waals surface area contributed by atoms with Gasteiger partial charge in [0.05, 0.1) is 0 Å². The maximum atomic E-state index is 13.0. The van der Waals surface area contributed by atoms with E-state index in [1.807, 2.05) is 18.2 Å². The first-order valence-electron chi connectivity index (χ1n) is 12.5. The molecule has 1 aliphatic carbocycles. The molecule has 3 heterocycles. The third-order valence-electron chi connectivity index (χ3n) is 7.19. The average molecular weight is 507 g/mol. The normalized spacial score (nSPS) is 19.2. The second-order valence-corrected chi connectivity index (χ2v) is 9.90. The smallest absolute Gasteiger partial charge is 0.410 e. The summed E-state index contributed by atoms with van der Waals surface area (Å²) >= 11 is 0. The highest BCUT2D eigenvalue weighted by atomic mass is 19.3. The Hall–Kier alpha value is -3.63. The summed E-state index contributed by atoms with van der Waals surface area (Å²) in [5.41, 5.74) is 11.6. The van der Waals surface area contributed by atoms with Crippen LogP contribution >= 0.6 is 0 Å². The highest BCUT2D eigenvalue weighted by Gasteiger charge is 2.48. The van der Waals surface area contributed by atoms with Crippen molar-refractivity contribution in [2.24, 2.45) is 0 Å². The number of aromatic nitrogens is 2. The summed E-state index contributed by atoms with van der Waals surface area (Å²) < 4.78 is 31.3. The van der Waals surface area contributed by atoms with Gasteiger partial charge < -0.3 is 15.0 Å². The summed E-state index contributed by atoms with van der Waals surface area (Å²) in [5.74, 6) is -0.923. The van der Waals surface area contributed by atoms with Crippen molar-refractivity contribution in [3.8, 4) is 11.4 Å². The maximum absolute atomic E-state index is 13.0. The lowest BCUT2D eigenvalue weighted by molar-refractivity contribution is -0.148. The first-order chi connectivity index (χ1) is 17.9. The second-order valence-electron chi connectivity index (χ2n) is 9.90. The van der Waals surface area contributed by atoms with Crippen LogP contribution in [0.25, 0.3) is 11.4 Å². The number of hydrazine groups is 1. The van der Waals surface area contributed by atoms with Gasteiger partial charge in [-0.05, 0) is 47.4 Å². The molecule has 3 N–H and O–H groups in total. The summed E-state index contributed by atoms with van der Waals surface area (Å²) in [6.07, 6.45) is 0.389. The standard InChI is InChI=1S/C27H28F2N6O2/c28-27(29)12-23(13-27)37-26(36)35-10-8-18-11-19(1-2-20(18)16-35)25-30-9-7-24(34-25)33-22-5-3-17(4-6-22)21-14-31-32-15-21/h1-7,9,11,21,23,31-32H,8,10,12-16H2,(H,30,33,34). The molecule has 1 saturated carbocycles. The highest BCUT2D eigenvalue weighted by Crippen LogP contribution is 2.39. The largest absolute Gasteiger partial charge is 0.446 e. The van der Waals surface area contributed by atoms with Crippen molar-refractivity contribution in [3.05, 3.63) is 71.4 Å². The van der Waals surface area contributed by atoms with Crippen LogP contribution in [0.5, 0.6) is 0 Å². The van der Waals surface area contributed by atoms with Gasteiger partial charge in [0.15, 0.2) is 5.82 Å². The molecule has 37 heavy (non-hydrogen) atoms. The Morgan fingerprint density at radius 3 is 2.59 bits per heavy atom. The highest BCUT2D eigenvalue weighted by molar-refractivity contribution is 5.69. The van der Waals surface area contributed by atoms with E-state index in [1.165, 1.54) is 5.56 Å². The van der Waals surface area contributed by atoms with Gasteiger partial charge in [-0.1, -0.05) is 24.3 Å². The number of rotatable bonds is 5. The molecule has 2 aliphatic heterocycles. The maximum Gasteiger partial charge on any atom is 0.410 e. The van der Waals surface area contributed by atoms with Gasteiger partial charge in [-0.25, -0.2) is 23.5 Å². The van der Waals surface area contributed by atoms with E-state index in [-0.39, 0.29) is 12.8 Å². The number of amides is 1. The van der Waals surface area contributed by atoms with Crippen LogP contribution in [0.1, 0.15) is 35.4 Å². The molecule has 2 fully saturated rings. The Bertz CT molecular complexity index is 1290. The van der Waals surface area contributed by atoms with Crippen molar-refractivity contribution in [1.82, 2.24) is 25.7 Å². The van der Waals surface area contributed by atoms with Gasteiger partial charge in [0, 0.05) is 62.4 Å². The van der Waals surface area contributed by atoms with Crippen LogP contribution < -0.4 is 16.2 Å². The number of carbonyl (C=O) groups is 1. The molecule has 0 unspecified atom stereocenters.